The number of fused-ring (bicyclic) bond motifs is 1. The Morgan fingerprint density at radius 2 is 2.03 bits per heavy atom. The molecule has 2 unspecified atom stereocenters. The molecule has 2 aromatic heterocycles. The van der Waals surface area contributed by atoms with Crippen LogP contribution >= 0.6 is 11.8 Å². The molecule has 9 heteroatoms. The lowest BCUT2D eigenvalue weighted by molar-refractivity contribution is -0.238. The number of nitrogens with zero attached hydrogens (tertiary/aromatic N) is 2. The molecule has 188 valence electrons. The van der Waals surface area contributed by atoms with Crippen LogP contribution in [0.15, 0.2) is 88.8 Å². The molecule has 0 spiro atoms. The van der Waals surface area contributed by atoms with Gasteiger partial charge in [0, 0.05) is 35.6 Å². The molecule has 0 aliphatic carbocycles. The number of ether oxygens (including phenoxy) is 3. The van der Waals surface area contributed by atoms with Crippen LogP contribution in [0.4, 0.5) is 0 Å². The molecule has 1 aliphatic rings. The van der Waals surface area contributed by atoms with Crippen molar-refractivity contribution in [3.8, 4) is 0 Å². The summed E-state index contributed by atoms with van der Waals surface area (Å²) in [4.78, 5) is 19.2. The maximum absolute atomic E-state index is 13.1. The first kappa shape index (κ1) is 24.9. The number of aromatic amines is 1. The van der Waals surface area contributed by atoms with Crippen molar-refractivity contribution in [2.45, 2.75) is 21.9 Å². The number of pyridine rings is 1. The Kier molecular flexibility index (Phi) is 7.47. The van der Waals surface area contributed by atoms with Crippen molar-refractivity contribution in [1.82, 2.24) is 20.5 Å². The summed E-state index contributed by atoms with van der Waals surface area (Å²) in [5, 5.41) is 11.5. The summed E-state index contributed by atoms with van der Waals surface area (Å²) in [6.45, 7) is 0.145. The molecule has 3 heterocycles. The first-order valence-electron chi connectivity index (χ1n) is 11.7. The molecule has 8 nitrogen and oxygen atoms in total. The minimum atomic E-state index is -1.06. The van der Waals surface area contributed by atoms with E-state index in [1.807, 2.05) is 66.7 Å². The quantitative estimate of drug-likeness (QED) is 0.306. The van der Waals surface area contributed by atoms with Crippen LogP contribution in [0.3, 0.4) is 0 Å². The predicted octanol–water partition coefficient (Wildman–Crippen LogP) is 4.91. The number of aromatic nitrogens is 3. The molecule has 37 heavy (non-hydrogen) atoms. The molecule has 0 radical (unpaired) electrons. The van der Waals surface area contributed by atoms with E-state index >= 15 is 0 Å². The van der Waals surface area contributed by atoms with Crippen molar-refractivity contribution >= 4 is 40.7 Å². The maximum Gasteiger partial charge on any atom is 0.252 e. The minimum Gasteiger partial charge on any atom is -0.352 e. The van der Waals surface area contributed by atoms with Crippen LogP contribution in [0.2, 0.25) is 0 Å². The molecule has 0 bridgehead atoms. The van der Waals surface area contributed by atoms with E-state index in [9.17, 15) is 4.79 Å². The molecule has 4 aromatic rings. The van der Waals surface area contributed by atoms with Gasteiger partial charge in [-0.15, -0.1) is 0 Å². The van der Waals surface area contributed by atoms with Gasteiger partial charge in [-0.05, 0) is 66.8 Å². The number of H-pyrrole nitrogens is 1. The molecule has 0 fully saturated rings. The zero-order chi connectivity index (χ0) is 25.7. The van der Waals surface area contributed by atoms with Gasteiger partial charge in [-0.25, -0.2) is 0 Å². The number of carbonyl (C=O) groups excluding carboxylic acids is 1. The number of hydrogen-bond donors (Lipinski definition) is 2. The van der Waals surface area contributed by atoms with Crippen molar-refractivity contribution in [1.29, 1.82) is 0 Å². The average molecular weight is 515 g/mol. The van der Waals surface area contributed by atoms with Crippen LogP contribution in [0.25, 0.3) is 23.1 Å². The number of hydrogen-bond acceptors (Lipinski definition) is 7. The highest BCUT2D eigenvalue weighted by Gasteiger charge is 2.36. The van der Waals surface area contributed by atoms with Gasteiger partial charge >= 0.3 is 0 Å². The summed E-state index contributed by atoms with van der Waals surface area (Å²) in [6.07, 6.45) is 8.63. The highest BCUT2D eigenvalue weighted by atomic mass is 32.2. The van der Waals surface area contributed by atoms with Crippen molar-refractivity contribution in [2.75, 3.05) is 20.8 Å². The summed E-state index contributed by atoms with van der Waals surface area (Å²) in [6, 6.07) is 19.3. The van der Waals surface area contributed by atoms with E-state index in [4.69, 9.17) is 14.2 Å². The zero-order valence-electron chi connectivity index (χ0n) is 20.4. The molecule has 5 rings (SSSR count). The third-order valence-electron chi connectivity index (χ3n) is 5.92. The fourth-order valence-corrected chi connectivity index (χ4v) is 4.92. The second-order valence-corrected chi connectivity index (χ2v) is 9.40. The molecule has 1 aliphatic heterocycles. The minimum absolute atomic E-state index is 0.145. The topological polar surface area (TPSA) is 98.4 Å². The highest BCUT2D eigenvalue weighted by molar-refractivity contribution is 7.99. The van der Waals surface area contributed by atoms with E-state index in [0.29, 0.717) is 5.56 Å². The molecule has 2 atom stereocenters. The van der Waals surface area contributed by atoms with Gasteiger partial charge < -0.3 is 19.5 Å². The Morgan fingerprint density at radius 1 is 1.16 bits per heavy atom. The van der Waals surface area contributed by atoms with Crippen LogP contribution in [0, 0.1) is 0 Å². The smallest absolute Gasteiger partial charge is 0.252 e. The summed E-state index contributed by atoms with van der Waals surface area (Å²) in [5.74, 6) is -1.28. The molecular weight excluding hydrogens is 488 g/mol. The lowest BCUT2D eigenvalue weighted by atomic mass is 10.2. The van der Waals surface area contributed by atoms with E-state index in [2.05, 4.69) is 20.5 Å². The Bertz CT molecular complexity index is 1450. The number of nitrogens with one attached hydrogen (secondary N) is 2. The molecule has 1 amide bonds. The second kappa shape index (κ2) is 11.1. The summed E-state index contributed by atoms with van der Waals surface area (Å²) < 4.78 is 16.4. The monoisotopic (exact) mass is 514 g/mol. The van der Waals surface area contributed by atoms with Crippen molar-refractivity contribution in [2.24, 2.45) is 0 Å². The lowest BCUT2D eigenvalue weighted by Crippen LogP contribution is -2.44. The van der Waals surface area contributed by atoms with Crippen LogP contribution in [-0.4, -0.2) is 53.9 Å². The van der Waals surface area contributed by atoms with Gasteiger partial charge in [0.1, 0.15) is 0 Å². The molecule has 2 N–H and O–H groups in total. The number of benzene rings is 2. The fourth-order valence-electron chi connectivity index (χ4n) is 3.93. The van der Waals surface area contributed by atoms with Gasteiger partial charge in [-0.2, -0.15) is 5.10 Å². The summed E-state index contributed by atoms with van der Waals surface area (Å²) in [5.41, 5.74) is 3.18. The van der Waals surface area contributed by atoms with Gasteiger partial charge in [-0.1, -0.05) is 30.0 Å². The molecule has 2 aromatic carbocycles. The van der Waals surface area contributed by atoms with Gasteiger partial charge in [0.2, 0.25) is 5.79 Å². The predicted molar refractivity (Wildman–Crippen MR) is 143 cm³/mol. The zero-order valence-corrected chi connectivity index (χ0v) is 21.2. The standard InChI is InChI=1S/C28H26N4O4S/c1-34-26-14-15-28(35-2,36-26)18-30-27(33)22-8-3-4-9-25(22)37-20-11-12-21-23(31-32-24(21)17-20)13-10-19-7-5-6-16-29-19/h3-17,26H,18H2,1-2H3,(H,30,33)(H,31,32)/b13-10+. The first-order valence-corrected chi connectivity index (χ1v) is 12.5. The first-order chi connectivity index (χ1) is 18.1. The van der Waals surface area contributed by atoms with E-state index in [0.717, 1.165) is 32.1 Å². The number of methoxy groups -OCH3 is 2. The average Bonchev–Trinajstić information content (AvgIpc) is 3.55. The van der Waals surface area contributed by atoms with Crippen LogP contribution in [-0.2, 0) is 14.2 Å². The molecule has 0 saturated carbocycles. The van der Waals surface area contributed by atoms with Crippen LogP contribution in [0.1, 0.15) is 21.7 Å². The van der Waals surface area contributed by atoms with Crippen molar-refractivity contribution in [3.63, 3.8) is 0 Å². The van der Waals surface area contributed by atoms with Crippen molar-refractivity contribution < 1.29 is 19.0 Å². The molecular formula is C28H26N4O4S. The van der Waals surface area contributed by atoms with E-state index in [-0.39, 0.29) is 12.5 Å². The Labute approximate surface area is 218 Å². The fraction of sp³-hybridized carbons (Fsp3) is 0.179. The SMILES string of the molecule is COC1C=CC(CNC(=O)c2ccccc2Sc2ccc3c(/C=C/c4ccccn4)n[nH]c3c2)(OC)O1. The Balaban J connectivity index is 1.30. The van der Waals surface area contributed by atoms with E-state index in [1.165, 1.54) is 18.9 Å². The molecule has 0 saturated heterocycles. The van der Waals surface area contributed by atoms with Gasteiger partial charge in [0.05, 0.1) is 29.0 Å². The van der Waals surface area contributed by atoms with Crippen LogP contribution < -0.4 is 5.32 Å². The van der Waals surface area contributed by atoms with Crippen LogP contribution in [0.5, 0.6) is 0 Å². The second-order valence-electron chi connectivity index (χ2n) is 8.28. The third kappa shape index (κ3) is 5.65. The largest absolute Gasteiger partial charge is 0.352 e. The summed E-state index contributed by atoms with van der Waals surface area (Å²) in [7, 11) is 3.08. The van der Waals surface area contributed by atoms with E-state index < -0.39 is 12.1 Å². The number of rotatable bonds is 9. The highest BCUT2D eigenvalue weighted by Crippen LogP contribution is 2.33. The van der Waals surface area contributed by atoms with Gasteiger partial charge in [-0.3, -0.25) is 14.9 Å². The number of carbonyl (C=O) groups is 1. The lowest BCUT2D eigenvalue weighted by Gasteiger charge is -2.27. The summed E-state index contributed by atoms with van der Waals surface area (Å²) >= 11 is 1.51. The van der Waals surface area contributed by atoms with E-state index in [1.54, 1.807) is 31.5 Å². The number of amides is 1. The third-order valence-corrected chi connectivity index (χ3v) is 6.98. The Hall–Kier alpha value is -3.76. The maximum atomic E-state index is 13.1. The van der Waals surface area contributed by atoms with Gasteiger partial charge in [0.15, 0.2) is 6.29 Å². The van der Waals surface area contributed by atoms with Crippen molar-refractivity contribution in [3.05, 3.63) is 96.0 Å². The Morgan fingerprint density at radius 3 is 2.81 bits per heavy atom. The van der Waals surface area contributed by atoms with Gasteiger partial charge in [0.25, 0.3) is 5.91 Å². The normalized spacial score (nSPS) is 19.1.